The number of rotatable bonds is 1. The minimum atomic E-state index is -0.291. The van der Waals surface area contributed by atoms with E-state index in [4.69, 9.17) is 0 Å². The van der Waals surface area contributed by atoms with Gasteiger partial charge in [-0.3, -0.25) is 0 Å². The molecule has 18 heavy (non-hydrogen) atoms. The summed E-state index contributed by atoms with van der Waals surface area (Å²) in [5, 5.41) is 0. The highest BCUT2D eigenvalue weighted by Crippen LogP contribution is 2.27. The molecule has 0 unspecified atom stereocenters. The lowest BCUT2D eigenvalue weighted by molar-refractivity contribution is 0.623. The number of nitrogens with one attached hydrogen (secondary N) is 1. The van der Waals surface area contributed by atoms with E-state index in [9.17, 15) is 4.39 Å². The smallest absolute Gasteiger partial charge is 0.139 e. The topological polar surface area (TPSA) is 28.7 Å². The number of aromatic nitrogens is 2. The lowest BCUT2D eigenvalue weighted by atomic mass is 10.2. The third kappa shape index (κ3) is 2.05. The summed E-state index contributed by atoms with van der Waals surface area (Å²) in [6, 6.07) is 11.1. The number of benzene rings is 2. The fourth-order valence-corrected chi connectivity index (χ4v) is 2.76. The van der Waals surface area contributed by atoms with Crippen molar-refractivity contribution >= 4 is 49.6 Å². The molecule has 0 spiro atoms. The second kappa shape index (κ2) is 4.62. The average Bonchev–Trinajstić information content (AvgIpc) is 2.73. The zero-order valence-electron chi connectivity index (χ0n) is 9.05. The van der Waals surface area contributed by atoms with E-state index in [1.165, 1.54) is 6.07 Å². The summed E-state index contributed by atoms with van der Waals surface area (Å²) in [6.07, 6.45) is 0. The van der Waals surface area contributed by atoms with Crippen LogP contribution >= 0.6 is 38.5 Å². The van der Waals surface area contributed by atoms with Crippen LogP contribution in [0.2, 0.25) is 0 Å². The molecule has 0 aliphatic carbocycles. The van der Waals surface area contributed by atoms with Crippen molar-refractivity contribution in [3.63, 3.8) is 0 Å². The monoisotopic (exact) mass is 416 g/mol. The van der Waals surface area contributed by atoms with Gasteiger partial charge in [-0.1, -0.05) is 18.2 Å². The van der Waals surface area contributed by atoms with Gasteiger partial charge < -0.3 is 4.98 Å². The third-order valence-electron chi connectivity index (χ3n) is 2.65. The van der Waals surface area contributed by atoms with Gasteiger partial charge in [-0.25, -0.2) is 9.37 Å². The average molecular weight is 417 g/mol. The molecule has 3 rings (SSSR count). The SMILES string of the molecule is Fc1cc2[nH]c(-c3ccccc3I)nc2cc1Br. The van der Waals surface area contributed by atoms with Crippen LogP contribution in [0, 0.1) is 9.39 Å². The fraction of sp³-hybridized carbons (Fsp3) is 0. The molecular weight excluding hydrogens is 410 g/mol. The largest absolute Gasteiger partial charge is 0.338 e. The Morgan fingerprint density at radius 2 is 2.00 bits per heavy atom. The highest BCUT2D eigenvalue weighted by atomic mass is 127. The van der Waals surface area contributed by atoms with Crippen molar-refractivity contribution in [3.05, 3.63) is 50.3 Å². The Balaban J connectivity index is 2.23. The molecule has 0 aliphatic rings. The standard InChI is InChI=1S/C13H7BrFIN2/c14-8-5-11-12(6-9(8)15)18-13(17-11)7-3-1-2-4-10(7)16/h1-6H,(H,17,18). The van der Waals surface area contributed by atoms with Crippen molar-refractivity contribution in [2.24, 2.45) is 0 Å². The van der Waals surface area contributed by atoms with Crippen molar-refractivity contribution in [3.8, 4) is 11.4 Å². The summed E-state index contributed by atoms with van der Waals surface area (Å²) in [7, 11) is 0. The van der Waals surface area contributed by atoms with Crippen molar-refractivity contribution < 1.29 is 4.39 Å². The molecule has 0 bridgehead atoms. The number of H-pyrrole nitrogens is 1. The molecule has 2 nitrogen and oxygen atoms in total. The van der Waals surface area contributed by atoms with Crippen LogP contribution in [0.3, 0.4) is 0 Å². The summed E-state index contributed by atoms with van der Waals surface area (Å²) in [5.41, 5.74) is 2.47. The maximum atomic E-state index is 13.4. The number of fused-ring (bicyclic) bond motifs is 1. The molecule has 0 fully saturated rings. The first-order chi connectivity index (χ1) is 8.65. The first-order valence-electron chi connectivity index (χ1n) is 5.25. The van der Waals surface area contributed by atoms with Crippen LogP contribution in [-0.2, 0) is 0 Å². The lowest BCUT2D eigenvalue weighted by Gasteiger charge is -1.98. The van der Waals surface area contributed by atoms with E-state index in [-0.39, 0.29) is 5.82 Å². The zero-order valence-corrected chi connectivity index (χ0v) is 12.8. The van der Waals surface area contributed by atoms with Crippen LogP contribution in [0.15, 0.2) is 40.9 Å². The quantitative estimate of drug-likeness (QED) is 0.570. The summed E-state index contributed by atoms with van der Waals surface area (Å²) in [5.74, 6) is 0.466. The predicted octanol–water partition coefficient (Wildman–Crippen LogP) is 4.74. The first-order valence-corrected chi connectivity index (χ1v) is 7.12. The molecule has 1 N–H and O–H groups in total. The van der Waals surface area contributed by atoms with Gasteiger partial charge in [-0.2, -0.15) is 0 Å². The van der Waals surface area contributed by atoms with Crippen LogP contribution in [0.25, 0.3) is 22.4 Å². The Bertz CT molecular complexity index is 700. The van der Waals surface area contributed by atoms with E-state index < -0.39 is 0 Å². The normalized spacial score (nSPS) is 11.1. The van der Waals surface area contributed by atoms with Gasteiger partial charge in [0.05, 0.1) is 15.5 Å². The van der Waals surface area contributed by atoms with Gasteiger partial charge in [0.2, 0.25) is 0 Å². The number of hydrogen-bond acceptors (Lipinski definition) is 1. The summed E-state index contributed by atoms with van der Waals surface area (Å²) in [4.78, 5) is 7.63. The molecule has 0 radical (unpaired) electrons. The number of hydrogen-bond donors (Lipinski definition) is 1. The van der Waals surface area contributed by atoms with Crippen LogP contribution in [0.1, 0.15) is 0 Å². The molecule has 5 heteroatoms. The number of aromatic amines is 1. The second-order valence-corrected chi connectivity index (χ2v) is 5.87. The number of halogens is 3. The highest BCUT2D eigenvalue weighted by Gasteiger charge is 2.10. The van der Waals surface area contributed by atoms with Crippen LogP contribution < -0.4 is 0 Å². The molecule has 0 saturated heterocycles. The zero-order chi connectivity index (χ0) is 12.7. The second-order valence-electron chi connectivity index (χ2n) is 3.85. The molecule has 3 aromatic rings. The molecule has 90 valence electrons. The van der Waals surface area contributed by atoms with Crippen LogP contribution in [0.5, 0.6) is 0 Å². The van der Waals surface area contributed by atoms with E-state index in [1.807, 2.05) is 24.3 Å². The fourth-order valence-electron chi connectivity index (χ4n) is 1.79. The van der Waals surface area contributed by atoms with Gasteiger partial charge >= 0.3 is 0 Å². The Morgan fingerprint density at radius 1 is 1.22 bits per heavy atom. The third-order valence-corrected chi connectivity index (χ3v) is 4.20. The van der Waals surface area contributed by atoms with E-state index in [0.29, 0.717) is 9.99 Å². The van der Waals surface area contributed by atoms with Gasteiger partial charge in [0.25, 0.3) is 0 Å². The van der Waals surface area contributed by atoms with Crippen molar-refractivity contribution in [2.75, 3.05) is 0 Å². The molecule has 2 aromatic carbocycles. The Hall–Kier alpha value is -0.950. The molecule has 0 saturated carbocycles. The Labute approximate surface area is 125 Å². The Morgan fingerprint density at radius 3 is 2.78 bits per heavy atom. The summed E-state index contributed by atoms with van der Waals surface area (Å²) in [6.45, 7) is 0. The van der Waals surface area contributed by atoms with E-state index in [0.717, 1.165) is 20.5 Å². The molecule has 0 aliphatic heterocycles. The lowest BCUT2D eigenvalue weighted by Crippen LogP contribution is -1.83. The molecular formula is C13H7BrFIN2. The van der Waals surface area contributed by atoms with Crippen LogP contribution in [0.4, 0.5) is 4.39 Å². The Kier molecular flexibility index (Phi) is 3.11. The van der Waals surface area contributed by atoms with Crippen molar-refractivity contribution in [1.82, 2.24) is 9.97 Å². The van der Waals surface area contributed by atoms with Crippen molar-refractivity contribution in [1.29, 1.82) is 0 Å². The minimum absolute atomic E-state index is 0.291. The van der Waals surface area contributed by atoms with E-state index in [2.05, 4.69) is 48.5 Å². The van der Waals surface area contributed by atoms with Gasteiger partial charge in [0, 0.05) is 15.2 Å². The maximum Gasteiger partial charge on any atom is 0.139 e. The summed E-state index contributed by atoms with van der Waals surface area (Å²) >= 11 is 5.42. The van der Waals surface area contributed by atoms with E-state index >= 15 is 0 Å². The summed E-state index contributed by atoms with van der Waals surface area (Å²) < 4.78 is 15.0. The van der Waals surface area contributed by atoms with Crippen LogP contribution in [-0.4, -0.2) is 9.97 Å². The molecule has 0 atom stereocenters. The predicted molar refractivity (Wildman–Crippen MR) is 81.9 cm³/mol. The van der Waals surface area contributed by atoms with Gasteiger partial charge in [-0.15, -0.1) is 0 Å². The van der Waals surface area contributed by atoms with Gasteiger partial charge in [0.1, 0.15) is 11.6 Å². The maximum absolute atomic E-state index is 13.4. The minimum Gasteiger partial charge on any atom is -0.338 e. The molecule has 1 aromatic heterocycles. The van der Waals surface area contributed by atoms with Gasteiger partial charge in [0.15, 0.2) is 0 Å². The molecule has 0 amide bonds. The number of imidazole rings is 1. The number of nitrogens with zero attached hydrogens (tertiary/aromatic N) is 1. The highest BCUT2D eigenvalue weighted by molar-refractivity contribution is 14.1. The first kappa shape index (κ1) is 12.1. The van der Waals surface area contributed by atoms with Crippen molar-refractivity contribution in [2.45, 2.75) is 0 Å². The van der Waals surface area contributed by atoms with E-state index in [1.54, 1.807) is 6.07 Å². The molecule has 1 heterocycles. The van der Waals surface area contributed by atoms with Gasteiger partial charge in [-0.05, 0) is 50.7 Å².